The van der Waals surface area contributed by atoms with E-state index in [4.69, 9.17) is 11.6 Å². The first-order chi connectivity index (χ1) is 18.3. The number of anilines is 2. The van der Waals surface area contributed by atoms with Crippen LogP contribution in [-0.4, -0.2) is 43.6 Å². The summed E-state index contributed by atoms with van der Waals surface area (Å²) >= 11 is 6.46. The van der Waals surface area contributed by atoms with Gasteiger partial charge in [-0.1, -0.05) is 18.5 Å². The fraction of sp³-hybridized carbons (Fsp3) is 0.321. The smallest absolute Gasteiger partial charge is 0.307 e. The standard InChI is InChI=1S/C28H26ClF2N5O2/c1-2-35-12-16-5-3-4-15-6-19(7-18(13-35)26(15)16)33-28-32-11-21(29)27(34-28)36-14-17(8-25(37)38)20-9-22(30)23(31)10-24(20)36/h6-7,9-11,14,16H,2-5,8,12-13H2,1H3,(H,37,38)(H,32,33,34). The van der Waals surface area contributed by atoms with Crippen molar-refractivity contribution in [3.8, 4) is 5.82 Å². The summed E-state index contributed by atoms with van der Waals surface area (Å²) in [6, 6.07) is 6.34. The Morgan fingerprint density at radius 3 is 2.79 bits per heavy atom. The van der Waals surface area contributed by atoms with Gasteiger partial charge in [0, 0.05) is 36.4 Å². The molecule has 1 aliphatic heterocycles. The van der Waals surface area contributed by atoms with Gasteiger partial charge < -0.3 is 10.4 Å². The minimum Gasteiger partial charge on any atom is -0.481 e. The Bertz CT molecular complexity index is 1590. The van der Waals surface area contributed by atoms with Gasteiger partial charge in [0.05, 0.1) is 18.1 Å². The number of carbonyl (C=O) groups is 1. The molecule has 38 heavy (non-hydrogen) atoms. The molecule has 196 valence electrons. The van der Waals surface area contributed by atoms with Gasteiger partial charge in [-0.15, -0.1) is 0 Å². The zero-order valence-electron chi connectivity index (χ0n) is 20.8. The van der Waals surface area contributed by atoms with Crippen LogP contribution in [-0.2, 0) is 24.2 Å². The van der Waals surface area contributed by atoms with Crippen molar-refractivity contribution in [2.24, 2.45) is 0 Å². The van der Waals surface area contributed by atoms with Gasteiger partial charge in [0.2, 0.25) is 5.95 Å². The molecule has 7 nitrogen and oxygen atoms in total. The highest BCUT2D eigenvalue weighted by Gasteiger charge is 2.30. The average molecular weight is 538 g/mol. The van der Waals surface area contributed by atoms with E-state index in [9.17, 15) is 18.7 Å². The molecular weight excluding hydrogens is 512 g/mol. The molecule has 0 radical (unpaired) electrons. The number of fused-ring (bicyclic) bond motifs is 1. The number of rotatable bonds is 6. The van der Waals surface area contributed by atoms with E-state index in [0.29, 0.717) is 11.5 Å². The number of aryl methyl sites for hydroxylation is 1. The highest BCUT2D eigenvalue weighted by Crippen LogP contribution is 2.40. The molecule has 4 aromatic rings. The van der Waals surface area contributed by atoms with E-state index >= 15 is 0 Å². The van der Waals surface area contributed by atoms with E-state index < -0.39 is 17.6 Å². The number of hydrogen-bond donors (Lipinski definition) is 2. The lowest BCUT2D eigenvalue weighted by molar-refractivity contribution is -0.136. The van der Waals surface area contributed by atoms with Crippen molar-refractivity contribution in [2.45, 2.75) is 45.1 Å². The molecule has 2 aromatic heterocycles. The third-order valence-corrected chi connectivity index (χ3v) is 7.83. The second-order valence-corrected chi connectivity index (χ2v) is 10.4. The van der Waals surface area contributed by atoms with Gasteiger partial charge in [-0.25, -0.2) is 13.8 Å². The van der Waals surface area contributed by atoms with Gasteiger partial charge in [-0.05, 0) is 72.2 Å². The van der Waals surface area contributed by atoms with Gasteiger partial charge in [-0.3, -0.25) is 14.3 Å². The predicted molar refractivity (Wildman–Crippen MR) is 141 cm³/mol. The highest BCUT2D eigenvalue weighted by atomic mass is 35.5. The topological polar surface area (TPSA) is 83.3 Å². The fourth-order valence-electron chi connectivity index (χ4n) is 5.92. The van der Waals surface area contributed by atoms with E-state index in [-0.39, 0.29) is 34.1 Å². The minimum absolute atomic E-state index is 0.182. The van der Waals surface area contributed by atoms with Crippen LogP contribution in [0.3, 0.4) is 0 Å². The third kappa shape index (κ3) is 4.39. The van der Waals surface area contributed by atoms with Crippen molar-refractivity contribution in [1.82, 2.24) is 19.4 Å². The number of halogens is 3. The Morgan fingerprint density at radius 1 is 1.21 bits per heavy atom. The van der Waals surface area contributed by atoms with Crippen molar-refractivity contribution < 1.29 is 18.7 Å². The first-order valence-electron chi connectivity index (χ1n) is 12.7. The van der Waals surface area contributed by atoms with Crippen molar-refractivity contribution in [2.75, 3.05) is 18.4 Å². The lowest BCUT2D eigenvalue weighted by atomic mass is 9.77. The van der Waals surface area contributed by atoms with Crippen molar-refractivity contribution >= 4 is 40.1 Å². The number of nitrogens with one attached hydrogen (secondary N) is 1. The van der Waals surface area contributed by atoms with Crippen LogP contribution in [0.15, 0.2) is 36.7 Å². The van der Waals surface area contributed by atoms with Gasteiger partial charge in [-0.2, -0.15) is 4.98 Å². The molecule has 1 aliphatic carbocycles. The lowest BCUT2D eigenvalue weighted by Crippen LogP contribution is -2.35. The van der Waals surface area contributed by atoms with E-state index in [1.807, 2.05) is 0 Å². The molecule has 1 unspecified atom stereocenters. The summed E-state index contributed by atoms with van der Waals surface area (Å²) in [5, 5.41) is 13.1. The van der Waals surface area contributed by atoms with Crippen LogP contribution in [0.25, 0.3) is 16.7 Å². The van der Waals surface area contributed by atoms with Gasteiger partial charge in [0.25, 0.3) is 0 Å². The molecule has 0 amide bonds. The van der Waals surface area contributed by atoms with Crippen LogP contribution in [0.5, 0.6) is 0 Å². The number of carboxylic acid groups (broad SMARTS) is 1. The van der Waals surface area contributed by atoms with Crippen LogP contribution in [0.4, 0.5) is 20.4 Å². The molecule has 0 bridgehead atoms. The molecule has 1 atom stereocenters. The zero-order chi connectivity index (χ0) is 26.6. The quantitative estimate of drug-likeness (QED) is 0.315. The van der Waals surface area contributed by atoms with Gasteiger partial charge in [0.1, 0.15) is 5.02 Å². The predicted octanol–water partition coefficient (Wildman–Crippen LogP) is 5.98. The summed E-state index contributed by atoms with van der Waals surface area (Å²) < 4.78 is 29.7. The molecule has 0 saturated heterocycles. The molecule has 0 saturated carbocycles. The molecular formula is C28H26ClF2N5O2. The van der Waals surface area contributed by atoms with Crippen LogP contribution in [0.1, 0.15) is 47.9 Å². The Hall–Kier alpha value is -3.56. The summed E-state index contributed by atoms with van der Waals surface area (Å²) in [7, 11) is 0. The maximum absolute atomic E-state index is 14.2. The van der Waals surface area contributed by atoms with E-state index in [0.717, 1.165) is 50.3 Å². The van der Waals surface area contributed by atoms with E-state index in [2.05, 4.69) is 39.2 Å². The van der Waals surface area contributed by atoms with Crippen LogP contribution < -0.4 is 5.32 Å². The summed E-state index contributed by atoms with van der Waals surface area (Å²) in [5.41, 5.74) is 5.63. The summed E-state index contributed by atoms with van der Waals surface area (Å²) in [6.07, 6.45) is 5.99. The largest absolute Gasteiger partial charge is 0.481 e. The Kier molecular flexibility index (Phi) is 6.28. The minimum atomic E-state index is -1.09. The Morgan fingerprint density at radius 2 is 2.00 bits per heavy atom. The number of aromatic nitrogens is 3. The first-order valence-corrected chi connectivity index (χ1v) is 13.1. The number of hydrogen-bond acceptors (Lipinski definition) is 5. The monoisotopic (exact) mass is 537 g/mol. The van der Waals surface area contributed by atoms with Crippen molar-refractivity contribution in [3.05, 3.63) is 75.6 Å². The van der Waals surface area contributed by atoms with Crippen molar-refractivity contribution in [3.63, 3.8) is 0 Å². The molecule has 0 spiro atoms. The molecule has 3 heterocycles. The van der Waals surface area contributed by atoms with E-state index in [1.165, 1.54) is 40.1 Å². The maximum Gasteiger partial charge on any atom is 0.307 e. The van der Waals surface area contributed by atoms with Crippen LogP contribution in [0.2, 0.25) is 5.02 Å². The third-order valence-electron chi connectivity index (χ3n) is 7.56. The zero-order valence-corrected chi connectivity index (χ0v) is 21.5. The molecule has 2 aromatic carbocycles. The van der Waals surface area contributed by atoms with Gasteiger partial charge in [0.15, 0.2) is 17.5 Å². The summed E-state index contributed by atoms with van der Waals surface area (Å²) in [6.45, 7) is 5.20. The number of aliphatic carboxylic acids is 1. The van der Waals surface area contributed by atoms with Crippen LogP contribution in [0, 0.1) is 11.6 Å². The molecule has 2 aliphatic rings. The number of benzene rings is 2. The number of nitrogens with zero attached hydrogens (tertiary/aromatic N) is 4. The van der Waals surface area contributed by atoms with Crippen LogP contribution >= 0.6 is 11.6 Å². The molecule has 10 heteroatoms. The molecule has 6 rings (SSSR count). The second kappa shape index (κ2) is 9.63. The molecule has 2 N–H and O–H groups in total. The Balaban J connectivity index is 1.40. The Labute approximate surface area is 223 Å². The van der Waals surface area contributed by atoms with Crippen molar-refractivity contribution in [1.29, 1.82) is 0 Å². The summed E-state index contributed by atoms with van der Waals surface area (Å²) in [5.74, 6) is -2.11. The number of carboxylic acids is 1. The van der Waals surface area contributed by atoms with E-state index in [1.54, 1.807) is 0 Å². The maximum atomic E-state index is 14.2. The fourth-order valence-corrected chi connectivity index (χ4v) is 6.10. The van der Waals surface area contributed by atoms with Gasteiger partial charge >= 0.3 is 5.97 Å². The first kappa shape index (κ1) is 24.8. The summed E-state index contributed by atoms with van der Waals surface area (Å²) in [4.78, 5) is 22.8. The molecule has 0 fully saturated rings. The SMILES string of the molecule is CCN1Cc2cc(Nc3ncc(Cl)c(-n4cc(CC(=O)O)c5cc(F)c(F)cc54)n3)cc3c2C(CCC3)C1. The highest BCUT2D eigenvalue weighted by molar-refractivity contribution is 6.32. The lowest BCUT2D eigenvalue weighted by Gasteiger charge is -2.38. The second-order valence-electron chi connectivity index (χ2n) is 9.99. The normalized spacial score (nSPS) is 17.0. The number of likely N-dealkylation sites (N-methyl/N-ethyl adjacent to an activating group) is 1. The average Bonchev–Trinajstić information content (AvgIpc) is 3.21.